The maximum Gasteiger partial charge on any atom is 0.270 e. The predicted molar refractivity (Wildman–Crippen MR) is 57.8 cm³/mol. The second-order valence-electron chi connectivity index (χ2n) is 2.70. The molecule has 0 fully saturated rings. The lowest BCUT2D eigenvalue weighted by atomic mass is 10.3. The van der Waals surface area contributed by atoms with E-state index in [4.69, 9.17) is 19.8 Å². The van der Waals surface area contributed by atoms with E-state index in [0.717, 1.165) is 0 Å². The number of hydrogen-bond donors (Lipinski definition) is 4. The average Bonchev–Trinajstić information content (AvgIpc) is 2.03. The van der Waals surface area contributed by atoms with Gasteiger partial charge in [-0.15, -0.1) is 0 Å². The lowest BCUT2D eigenvalue weighted by molar-refractivity contribution is 0.499. The predicted octanol–water partition coefficient (Wildman–Crippen LogP) is 0.115. The van der Waals surface area contributed by atoms with Gasteiger partial charge in [-0.05, 0) is 12.1 Å². The van der Waals surface area contributed by atoms with Crippen LogP contribution < -0.4 is 18.6 Å². The minimum Gasteiger partial charge on any atom is -0.381 e. The van der Waals surface area contributed by atoms with Gasteiger partial charge in [0.05, 0.1) is 0 Å². The van der Waals surface area contributed by atoms with Gasteiger partial charge < -0.3 is 8.37 Å². The van der Waals surface area contributed by atoms with Crippen LogP contribution in [0.15, 0.2) is 24.3 Å². The molecule has 8 nitrogen and oxygen atoms in total. The molecule has 0 amide bonds. The molecule has 16 heavy (non-hydrogen) atoms. The van der Waals surface area contributed by atoms with Gasteiger partial charge in [-0.3, -0.25) is 0 Å². The van der Waals surface area contributed by atoms with Crippen LogP contribution in [0.1, 0.15) is 0 Å². The van der Waals surface area contributed by atoms with Gasteiger partial charge in [0.1, 0.15) is 0 Å². The first-order chi connectivity index (χ1) is 7.17. The molecule has 2 unspecified atom stereocenters. The van der Waals surface area contributed by atoms with Gasteiger partial charge in [-0.2, -0.15) is 8.42 Å². The smallest absolute Gasteiger partial charge is 0.270 e. The van der Waals surface area contributed by atoms with Gasteiger partial charge in [0.15, 0.2) is 11.5 Å². The standard InChI is InChI=1S/C6H10N4O4S2/c7-15(8,11)13-5-3-1-2-4-6(5)14-16(9,10)12/h1-4H,(H3,7,8,11)(H3,9,10,12). The lowest BCUT2D eigenvalue weighted by Gasteiger charge is -2.10. The maximum absolute atomic E-state index is 10.9. The molecule has 0 bridgehead atoms. The largest absolute Gasteiger partial charge is 0.381 e. The Balaban J connectivity index is 3.11. The zero-order valence-corrected chi connectivity index (χ0v) is 9.55. The molecule has 0 aliphatic heterocycles. The molecule has 10 heteroatoms. The van der Waals surface area contributed by atoms with Crippen molar-refractivity contribution in [2.75, 3.05) is 0 Å². The first kappa shape index (κ1) is 12.7. The third-order valence-electron chi connectivity index (χ3n) is 1.28. The molecule has 2 atom stereocenters. The van der Waals surface area contributed by atoms with Crippen LogP contribution >= 0.6 is 0 Å². The molecule has 0 aromatic heterocycles. The Morgan fingerprint density at radius 3 is 1.50 bits per heavy atom. The van der Waals surface area contributed by atoms with Crippen LogP contribution in [0.25, 0.3) is 0 Å². The number of para-hydroxylation sites is 2. The van der Waals surface area contributed by atoms with Crippen molar-refractivity contribution in [3.8, 4) is 11.5 Å². The molecule has 6 N–H and O–H groups in total. The van der Waals surface area contributed by atoms with Crippen molar-refractivity contribution in [1.29, 1.82) is 9.56 Å². The minimum absolute atomic E-state index is 0.171. The summed E-state index contributed by atoms with van der Waals surface area (Å²) in [6.45, 7) is 0. The molecule has 0 radical (unpaired) electrons. The fourth-order valence-electron chi connectivity index (χ4n) is 0.855. The summed E-state index contributed by atoms with van der Waals surface area (Å²) in [7, 11) is -7.46. The van der Waals surface area contributed by atoms with Crippen molar-refractivity contribution >= 4 is 20.4 Å². The summed E-state index contributed by atoms with van der Waals surface area (Å²) in [5, 5.41) is 9.73. The normalized spacial score (nSPS) is 18.1. The van der Waals surface area contributed by atoms with Crippen molar-refractivity contribution in [2.24, 2.45) is 10.3 Å². The molecule has 1 aromatic carbocycles. The Bertz CT molecular complexity index is 527. The molecule has 0 aliphatic carbocycles. The highest BCUT2D eigenvalue weighted by Gasteiger charge is 2.11. The van der Waals surface area contributed by atoms with Gasteiger partial charge in [-0.1, -0.05) is 12.1 Å². The van der Waals surface area contributed by atoms with Crippen LogP contribution in [-0.2, 0) is 20.4 Å². The molecule has 1 rings (SSSR count). The van der Waals surface area contributed by atoms with Gasteiger partial charge in [0, 0.05) is 0 Å². The van der Waals surface area contributed by atoms with Crippen molar-refractivity contribution in [3.63, 3.8) is 0 Å². The summed E-state index contributed by atoms with van der Waals surface area (Å²) < 4.78 is 44.7. The van der Waals surface area contributed by atoms with E-state index < -0.39 is 20.4 Å². The third kappa shape index (κ3) is 4.44. The summed E-state index contributed by atoms with van der Waals surface area (Å²) in [5.74, 6) is -0.342. The van der Waals surface area contributed by atoms with Gasteiger partial charge >= 0.3 is 0 Å². The number of hydrogen-bond acceptors (Lipinski definition) is 6. The van der Waals surface area contributed by atoms with E-state index in [2.05, 4.69) is 8.37 Å². The topological polar surface area (TPSA) is 152 Å². The van der Waals surface area contributed by atoms with E-state index in [1.807, 2.05) is 0 Å². The summed E-state index contributed by atoms with van der Waals surface area (Å²) in [6, 6.07) is 5.58. The summed E-state index contributed by atoms with van der Waals surface area (Å²) in [6.07, 6.45) is 0. The van der Waals surface area contributed by atoms with E-state index in [1.165, 1.54) is 24.3 Å². The molecule has 0 heterocycles. The van der Waals surface area contributed by atoms with Crippen molar-refractivity contribution < 1.29 is 16.8 Å². The maximum atomic E-state index is 10.9. The number of benzene rings is 1. The van der Waals surface area contributed by atoms with Gasteiger partial charge in [-0.25, -0.2) is 19.8 Å². The SMILES string of the molecule is N=S(N)(=O)Oc1ccccc1OS(=N)(N)=O. The molecule has 90 valence electrons. The molecule has 1 aromatic rings. The number of rotatable bonds is 4. The van der Waals surface area contributed by atoms with Crippen molar-refractivity contribution in [2.45, 2.75) is 0 Å². The quantitative estimate of drug-likeness (QED) is 0.611. The van der Waals surface area contributed by atoms with E-state index in [-0.39, 0.29) is 11.5 Å². The van der Waals surface area contributed by atoms with E-state index in [9.17, 15) is 8.42 Å². The molecular formula is C6H10N4O4S2. The number of nitrogens with one attached hydrogen (secondary N) is 2. The first-order valence-electron chi connectivity index (χ1n) is 3.78. The van der Waals surface area contributed by atoms with Crippen LogP contribution in [0, 0.1) is 9.56 Å². The highest BCUT2D eigenvalue weighted by atomic mass is 32.2. The molecule has 0 saturated carbocycles. The minimum atomic E-state index is -3.73. The summed E-state index contributed by atoms with van der Waals surface area (Å²) in [5.41, 5.74) is 0. The fourth-order valence-corrected chi connectivity index (χ4v) is 1.66. The van der Waals surface area contributed by atoms with Crippen LogP contribution in [0.4, 0.5) is 0 Å². The lowest BCUT2D eigenvalue weighted by Crippen LogP contribution is -2.20. The Kier molecular flexibility index (Phi) is 3.38. The van der Waals surface area contributed by atoms with Gasteiger partial charge in [0.25, 0.3) is 20.4 Å². The Hall–Kier alpha value is -1.36. The molecule has 0 saturated heterocycles. The number of nitrogens with two attached hydrogens (primary N) is 2. The van der Waals surface area contributed by atoms with Gasteiger partial charge in [0.2, 0.25) is 0 Å². The Labute approximate surface area is 93.2 Å². The second-order valence-corrected chi connectivity index (χ2v) is 5.22. The third-order valence-corrected chi connectivity index (χ3v) is 2.13. The van der Waals surface area contributed by atoms with Crippen LogP contribution in [-0.4, -0.2) is 8.42 Å². The van der Waals surface area contributed by atoms with Crippen LogP contribution in [0.2, 0.25) is 0 Å². The average molecular weight is 266 g/mol. The zero-order chi connectivity index (χ0) is 12.4. The zero-order valence-electron chi connectivity index (χ0n) is 7.91. The van der Waals surface area contributed by atoms with E-state index >= 15 is 0 Å². The van der Waals surface area contributed by atoms with E-state index in [0.29, 0.717) is 0 Å². The fraction of sp³-hybridized carbons (Fsp3) is 0. The molecule has 0 spiro atoms. The Morgan fingerprint density at radius 1 is 0.938 bits per heavy atom. The summed E-state index contributed by atoms with van der Waals surface area (Å²) >= 11 is 0. The van der Waals surface area contributed by atoms with E-state index in [1.54, 1.807) is 0 Å². The Morgan fingerprint density at radius 2 is 1.25 bits per heavy atom. The molecule has 0 aliphatic rings. The van der Waals surface area contributed by atoms with Crippen LogP contribution in [0.3, 0.4) is 0 Å². The monoisotopic (exact) mass is 266 g/mol. The first-order valence-corrected chi connectivity index (χ1v) is 6.87. The van der Waals surface area contributed by atoms with Crippen LogP contribution in [0.5, 0.6) is 11.5 Å². The van der Waals surface area contributed by atoms with Crippen molar-refractivity contribution in [1.82, 2.24) is 0 Å². The second kappa shape index (κ2) is 4.25. The highest BCUT2D eigenvalue weighted by Crippen LogP contribution is 2.27. The summed E-state index contributed by atoms with van der Waals surface area (Å²) in [4.78, 5) is 0. The molecular weight excluding hydrogens is 256 g/mol. The van der Waals surface area contributed by atoms with Crippen molar-refractivity contribution in [3.05, 3.63) is 24.3 Å². The highest BCUT2D eigenvalue weighted by molar-refractivity contribution is 7.86.